The first kappa shape index (κ1) is 17.3. The minimum absolute atomic E-state index is 0.106. The molecule has 0 aliphatic rings. The third-order valence-corrected chi connectivity index (χ3v) is 3.74. The number of aryl methyl sites for hydroxylation is 1. The van der Waals surface area contributed by atoms with Gasteiger partial charge in [-0.1, -0.05) is 18.2 Å². The zero-order chi connectivity index (χ0) is 17.0. The van der Waals surface area contributed by atoms with Gasteiger partial charge in [0.2, 0.25) is 0 Å². The molecular formula is C16H14BrF3N2O. The lowest BCUT2D eigenvalue weighted by atomic mass is 10.2. The average Bonchev–Trinajstić information content (AvgIpc) is 2.47. The van der Waals surface area contributed by atoms with Crippen molar-refractivity contribution in [2.24, 2.45) is 0 Å². The van der Waals surface area contributed by atoms with Crippen LogP contribution in [0.15, 0.2) is 46.9 Å². The molecule has 0 spiro atoms. The summed E-state index contributed by atoms with van der Waals surface area (Å²) in [7, 11) is 0. The van der Waals surface area contributed by atoms with Crippen LogP contribution in [-0.2, 0) is 11.3 Å². The van der Waals surface area contributed by atoms with Gasteiger partial charge in [0, 0.05) is 22.4 Å². The lowest BCUT2D eigenvalue weighted by molar-refractivity contribution is -0.167. The summed E-state index contributed by atoms with van der Waals surface area (Å²) in [6.07, 6.45) is -4.90. The first-order chi connectivity index (χ1) is 10.8. The van der Waals surface area contributed by atoms with Crippen molar-refractivity contribution in [3.05, 3.63) is 58.1 Å². The lowest BCUT2D eigenvalue weighted by Crippen LogP contribution is -2.29. The lowest BCUT2D eigenvalue weighted by Gasteiger charge is -2.12. The number of anilines is 2. The predicted molar refractivity (Wildman–Crippen MR) is 87.3 cm³/mol. The number of hydrogen-bond acceptors (Lipinski definition) is 2. The van der Waals surface area contributed by atoms with E-state index in [2.05, 4.69) is 21.2 Å². The number of hydrogen-bond donors (Lipinski definition) is 2. The van der Waals surface area contributed by atoms with Crippen molar-refractivity contribution >= 4 is 33.2 Å². The van der Waals surface area contributed by atoms with Crippen molar-refractivity contribution in [1.29, 1.82) is 0 Å². The van der Waals surface area contributed by atoms with E-state index in [1.54, 1.807) is 12.1 Å². The van der Waals surface area contributed by atoms with E-state index in [1.165, 1.54) is 12.1 Å². The quantitative estimate of drug-likeness (QED) is 0.786. The Morgan fingerprint density at radius 2 is 1.91 bits per heavy atom. The maximum atomic E-state index is 12.3. The normalized spacial score (nSPS) is 11.2. The third kappa shape index (κ3) is 4.99. The van der Waals surface area contributed by atoms with Crippen LogP contribution in [-0.4, -0.2) is 12.1 Å². The number of carbonyl (C=O) groups is 1. The first-order valence-corrected chi connectivity index (χ1v) is 7.52. The van der Waals surface area contributed by atoms with Crippen molar-refractivity contribution in [2.75, 3.05) is 10.6 Å². The highest BCUT2D eigenvalue weighted by Crippen LogP contribution is 2.24. The molecule has 23 heavy (non-hydrogen) atoms. The molecular weight excluding hydrogens is 373 g/mol. The van der Waals surface area contributed by atoms with Gasteiger partial charge in [0.15, 0.2) is 0 Å². The number of carbonyl (C=O) groups excluding carboxylic acids is 1. The Kier molecular flexibility index (Phi) is 5.30. The topological polar surface area (TPSA) is 41.1 Å². The smallest absolute Gasteiger partial charge is 0.380 e. The second kappa shape index (κ2) is 7.04. The van der Waals surface area contributed by atoms with Crippen LogP contribution < -0.4 is 10.6 Å². The molecule has 0 saturated carbocycles. The van der Waals surface area contributed by atoms with E-state index in [9.17, 15) is 18.0 Å². The number of alkyl halides is 3. The van der Waals surface area contributed by atoms with E-state index in [0.29, 0.717) is 6.54 Å². The highest BCUT2D eigenvalue weighted by Gasteiger charge is 2.38. The van der Waals surface area contributed by atoms with E-state index < -0.39 is 12.1 Å². The van der Waals surface area contributed by atoms with Crippen LogP contribution in [0.4, 0.5) is 24.5 Å². The molecule has 2 aromatic rings. The molecule has 1 amide bonds. The fraction of sp³-hybridized carbons (Fsp3) is 0.188. The summed E-state index contributed by atoms with van der Waals surface area (Å²) in [6.45, 7) is 2.38. The molecule has 3 nitrogen and oxygen atoms in total. The van der Waals surface area contributed by atoms with Gasteiger partial charge in [0.25, 0.3) is 0 Å². The zero-order valence-corrected chi connectivity index (χ0v) is 13.8. The molecule has 0 fully saturated rings. The van der Waals surface area contributed by atoms with Crippen LogP contribution in [0.25, 0.3) is 0 Å². The zero-order valence-electron chi connectivity index (χ0n) is 12.2. The van der Waals surface area contributed by atoms with Gasteiger partial charge >= 0.3 is 12.1 Å². The van der Waals surface area contributed by atoms with Crippen LogP contribution >= 0.6 is 15.9 Å². The molecule has 122 valence electrons. The molecule has 0 unspecified atom stereocenters. The summed E-state index contributed by atoms with van der Waals surface area (Å²) in [5.41, 5.74) is 2.82. The van der Waals surface area contributed by atoms with Crippen molar-refractivity contribution in [2.45, 2.75) is 19.6 Å². The SMILES string of the molecule is Cc1ccc(Br)c(NCc2cccc(NC(=O)C(F)(F)F)c2)c1. The monoisotopic (exact) mass is 386 g/mol. The Morgan fingerprint density at radius 3 is 2.61 bits per heavy atom. The molecule has 0 atom stereocenters. The summed E-state index contributed by atoms with van der Waals surface area (Å²) >= 11 is 3.43. The minimum atomic E-state index is -4.90. The van der Waals surface area contributed by atoms with Crippen LogP contribution in [0.5, 0.6) is 0 Å². The van der Waals surface area contributed by atoms with E-state index in [-0.39, 0.29) is 5.69 Å². The van der Waals surface area contributed by atoms with Crippen LogP contribution in [0, 0.1) is 6.92 Å². The van der Waals surface area contributed by atoms with Crippen molar-refractivity contribution in [1.82, 2.24) is 0 Å². The Bertz CT molecular complexity index is 717. The largest absolute Gasteiger partial charge is 0.471 e. The predicted octanol–water partition coefficient (Wildman–Crippen LogP) is 4.87. The van der Waals surface area contributed by atoms with Crippen LogP contribution in [0.2, 0.25) is 0 Å². The molecule has 2 N–H and O–H groups in total. The van der Waals surface area contributed by atoms with Gasteiger partial charge in [-0.05, 0) is 58.2 Å². The second-order valence-electron chi connectivity index (χ2n) is 4.99. The minimum Gasteiger partial charge on any atom is -0.380 e. The van der Waals surface area contributed by atoms with Crippen molar-refractivity contribution in [3.8, 4) is 0 Å². The summed E-state index contributed by atoms with van der Waals surface area (Å²) in [5, 5.41) is 5.04. The summed E-state index contributed by atoms with van der Waals surface area (Å²) in [4.78, 5) is 10.9. The third-order valence-electron chi connectivity index (χ3n) is 3.05. The Balaban J connectivity index is 2.05. The summed E-state index contributed by atoms with van der Waals surface area (Å²) < 4.78 is 37.7. The van der Waals surface area contributed by atoms with Crippen LogP contribution in [0.1, 0.15) is 11.1 Å². The first-order valence-electron chi connectivity index (χ1n) is 6.73. The molecule has 0 aromatic heterocycles. The van der Waals surface area contributed by atoms with Gasteiger partial charge in [0.1, 0.15) is 0 Å². The van der Waals surface area contributed by atoms with E-state index in [4.69, 9.17) is 0 Å². The van der Waals surface area contributed by atoms with Gasteiger partial charge in [0.05, 0.1) is 0 Å². The van der Waals surface area contributed by atoms with Crippen molar-refractivity contribution in [3.63, 3.8) is 0 Å². The number of amides is 1. The fourth-order valence-corrected chi connectivity index (χ4v) is 2.32. The number of nitrogens with one attached hydrogen (secondary N) is 2. The Labute approximate surface area is 140 Å². The standard InChI is InChI=1S/C16H14BrF3N2O/c1-10-5-6-13(17)14(7-10)21-9-11-3-2-4-12(8-11)22-15(23)16(18,19)20/h2-8,21H,9H2,1H3,(H,22,23). The molecule has 0 bridgehead atoms. The van der Waals surface area contributed by atoms with Gasteiger partial charge in [-0.2, -0.15) is 13.2 Å². The Morgan fingerprint density at radius 1 is 1.17 bits per heavy atom. The molecule has 0 aliphatic carbocycles. The Hall–Kier alpha value is -2.02. The van der Waals surface area contributed by atoms with E-state index >= 15 is 0 Å². The van der Waals surface area contributed by atoms with Gasteiger partial charge in [-0.25, -0.2) is 0 Å². The fourth-order valence-electron chi connectivity index (χ4n) is 1.93. The molecule has 7 heteroatoms. The van der Waals surface area contributed by atoms with E-state index in [1.807, 2.05) is 30.4 Å². The van der Waals surface area contributed by atoms with Gasteiger partial charge in [-0.15, -0.1) is 0 Å². The van der Waals surface area contributed by atoms with Gasteiger partial charge < -0.3 is 10.6 Å². The number of rotatable bonds is 4. The maximum absolute atomic E-state index is 12.3. The number of benzene rings is 2. The highest BCUT2D eigenvalue weighted by molar-refractivity contribution is 9.10. The maximum Gasteiger partial charge on any atom is 0.471 e. The molecule has 0 radical (unpaired) electrons. The summed E-state index contributed by atoms with van der Waals surface area (Å²) in [6, 6.07) is 12.1. The van der Waals surface area contributed by atoms with E-state index in [0.717, 1.165) is 21.3 Å². The second-order valence-corrected chi connectivity index (χ2v) is 5.84. The molecule has 0 saturated heterocycles. The van der Waals surface area contributed by atoms with Gasteiger partial charge in [-0.3, -0.25) is 4.79 Å². The molecule has 0 aliphatic heterocycles. The van der Waals surface area contributed by atoms with Crippen LogP contribution in [0.3, 0.4) is 0 Å². The van der Waals surface area contributed by atoms with Crippen molar-refractivity contribution < 1.29 is 18.0 Å². The average molecular weight is 387 g/mol. The molecule has 2 aromatic carbocycles. The highest BCUT2D eigenvalue weighted by atomic mass is 79.9. The summed E-state index contributed by atoms with van der Waals surface area (Å²) in [5.74, 6) is -1.98. The molecule has 0 heterocycles. The molecule has 2 rings (SSSR count). The number of halogens is 4.